The monoisotopic (exact) mass is 329 g/mol. The molecule has 3 heterocycles. The van der Waals surface area contributed by atoms with Crippen molar-refractivity contribution in [3.63, 3.8) is 0 Å². The molecule has 1 saturated carbocycles. The summed E-state index contributed by atoms with van der Waals surface area (Å²) in [5.41, 5.74) is 0.951. The van der Waals surface area contributed by atoms with Crippen LogP contribution >= 0.6 is 0 Å². The molecule has 4 rings (SSSR count). The Kier molecular flexibility index (Phi) is 4.06. The molecule has 0 aromatic heterocycles. The Morgan fingerprint density at radius 1 is 1.17 bits per heavy atom. The predicted octanol–water partition coefficient (Wildman–Crippen LogP) is 3.21. The minimum Gasteiger partial charge on any atom is -0.365 e. The summed E-state index contributed by atoms with van der Waals surface area (Å²) in [4.78, 5) is 22.7. The molecule has 24 heavy (non-hydrogen) atoms. The second-order valence-electron chi connectivity index (χ2n) is 7.26. The first kappa shape index (κ1) is 15.7. The van der Waals surface area contributed by atoms with Crippen LogP contribution in [0.3, 0.4) is 0 Å². The minimum atomic E-state index is 0.0586. The number of hydrogen-bond acceptors (Lipinski definition) is 4. The van der Waals surface area contributed by atoms with Gasteiger partial charge in [0.05, 0.1) is 0 Å². The Labute approximate surface area is 142 Å². The lowest BCUT2D eigenvalue weighted by Gasteiger charge is -2.13. The first-order chi connectivity index (χ1) is 11.7. The maximum absolute atomic E-state index is 13.0. The Bertz CT molecular complexity index is 756. The molecule has 1 aliphatic carbocycles. The average Bonchev–Trinajstić information content (AvgIpc) is 3.28. The molecular weight excluding hydrogens is 302 g/mol. The van der Waals surface area contributed by atoms with Crippen LogP contribution in [0, 0.1) is 0 Å². The van der Waals surface area contributed by atoms with E-state index in [4.69, 9.17) is 9.97 Å². The molecule has 0 saturated heterocycles. The van der Waals surface area contributed by atoms with Crippen LogP contribution in [0.2, 0.25) is 0 Å². The van der Waals surface area contributed by atoms with Gasteiger partial charge in [-0.3, -0.25) is 9.13 Å². The van der Waals surface area contributed by atoms with E-state index in [9.17, 15) is 4.79 Å². The van der Waals surface area contributed by atoms with Gasteiger partial charge in [-0.15, -0.1) is 0 Å². The minimum absolute atomic E-state index is 0.0586. The normalized spacial score (nSPS) is 20.7. The van der Waals surface area contributed by atoms with Crippen molar-refractivity contribution in [3.8, 4) is 11.5 Å². The Morgan fingerprint density at radius 2 is 1.96 bits per heavy atom. The van der Waals surface area contributed by atoms with Gasteiger partial charge in [0.2, 0.25) is 0 Å². The van der Waals surface area contributed by atoms with Gasteiger partial charge in [-0.25, -0.2) is 14.8 Å². The second kappa shape index (κ2) is 6.22. The van der Waals surface area contributed by atoms with E-state index in [1.165, 1.54) is 25.7 Å². The van der Waals surface area contributed by atoms with Crippen molar-refractivity contribution in [2.45, 2.75) is 83.8 Å². The van der Waals surface area contributed by atoms with Gasteiger partial charge < -0.3 is 5.32 Å². The van der Waals surface area contributed by atoms with Crippen LogP contribution in [0.15, 0.2) is 4.79 Å². The summed E-state index contributed by atoms with van der Waals surface area (Å²) in [6.45, 7) is 5.73. The summed E-state index contributed by atoms with van der Waals surface area (Å²) in [7, 11) is 0. The van der Waals surface area contributed by atoms with Crippen LogP contribution in [-0.4, -0.2) is 25.1 Å². The molecule has 1 unspecified atom stereocenters. The average molecular weight is 329 g/mol. The molecule has 0 aromatic rings. The van der Waals surface area contributed by atoms with Crippen LogP contribution in [0.1, 0.15) is 70.5 Å². The number of rotatable bonds is 5. The summed E-state index contributed by atoms with van der Waals surface area (Å²) in [5.74, 6) is 3.08. The van der Waals surface area contributed by atoms with Gasteiger partial charge in [0.15, 0.2) is 5.82 Å². The first-order valence-electron chi connectivity index (χ1n) is 9.50. The van der Waals surface area contributed by atoms with Gasteiger partial charge in [0.1, 0.15) is 17.3 Å². The van der Waals surface area contributed by atoms with Crippen molar-refractivity contribution in [1.82, 2.24) is 19.1 Å². The van der Waals surface area contributed by atoms with Crippen LogP contribution in [-0.2, 0) is 13.1 Å². The van der Waals surface area contributed by atoms with Crippen molar-refractivity contribution in [1.29, 1.82) is 0 Å². The molecule has 0 amide bonds. The zero-order valence-electron chi connectivity index (χ0n) is 14.7. The summed E-state index contributed by atoms with van der Waals surface area (Å²) in [6, 6.07) is 0.329. The largest absolute Gasteiger partial charge is 0.365 e. The van der Waals surface area contributed by atoms with Gasteiger partial charge in [-0.05, 0) is 25.7 Å². The van der Waals surface area contributed by atoms with Crippen molar-refractivity contribution in [2.24, 2.45) is 0 Å². The topological polar surface area (TPSA) is 64.7 Å². The molecule has 4 aliphatic rings. The van der Waals surface area contributed by atoms with Gasteiger partial charge in [-0.2, -0.15) is 0 Å². The van der Waals surface area contributed by atoms with Crippen LogP contribution < -0.4 is 11.0 Å². The quantitative estimate of drug-likeness (QED) is 0.915. The van der Waals surface area contributed by atoms with Crippen molar-refractivity contribution >= 4 is 5.82 Å². The molecule has 1 N–H and O–H groups in total. The molecule has 1 fully saturated rings. The highest BCUT2D eigenvalue weighted by molar-refractivity contribution is 5.69. The molecule has 3 aliphatic heterocycles. The summed E-state index contributed by atoms with van der Waals surface area (Å²) >= 11 is 0. The number of nitrogens with one attached hydrogen (secondary N) is 1. The van der Waals surface area contributed by atoms with E-state index in [1.807, 2.05) is 9.13 Å². The highest BCUT2D eigenvalue weighted by Gasteiger charge is 2.32. The molecular formula is C18H27N5O. The molecule has 0 radical (unpaired) electrons. The van der Waals surface area contributed by atoms with E-state index in [0.29, 0.717) is 18.5 Å². The van der Waals surface area contributed by atoms with E-state index < -0.39 is 0 Å². The number of aromatic nitrogens is 4. The van der Waals surface area contributed by atoms with Crippen LogP contribution in [0.4, 0.5) is 5.82 Å². The fourth-order valence-electron chi connectivity index (χ4n) is 4.24. The number of hydrogen-bond donors (Lipinski definition) is 1. The Hall–Kier alpha value is -1.85. The lowest BCUT2D eigenvalue weighted by molar-refractivity contribution is 0.543. The van der Waals surface area contributed by atoms with E-state index >= 15 is 0 Å². The number of nitrogens with zero attached hydrogens (tertiary/aromatic N) is 4. The molecule has 6 heteroatoms. The summed E-state index contributed by atoms with van der Waals surface area (Å²) in [5, 5.41) is 3.54. The van der Waals surface area contributed by atoms with Gasteiger partial charge in [-0.1, -0.05) is 33.1 Å². The van der Waals surface area contributed by atoms with Crippen LogP contribution in [0.25, 0.3) is 11.5 Å². The number of fused-ring (bicyclic) bond motifs is 3. The number of imidazole rings is 1. The molecule has 130 valence electrons. The van der Waals surface area contributed by atoms with Gasteiger partial charge >= 0.3 is 5.69 Å². The van der Waals surface area contributed by atoms with Crippen molar-refractivity contribution in [3.05, 3.63) is 16.3 Å². The van der Waals surface area contributed by atoms with Crippen molar-refractivity contribution in [2.75, 3.05) is 5.32 Å². The zero-order valence-corrected chi connectivity index (χ0v) is 14.7. The Balaban J connectivity index is 1.84. The fourth-order valence-corrected chi connectivity index (χ4v) is 4.24. The van der Waals surface area contributed by atoms with E-state index in [2.05, 4.69) is 19.2 Å². The van der Waals surface area contributed by atoms with E-state index in [1.54, 1.807) is 0 Å². The second-order valence-corrected chi connectivity index (χ2v) is 7.26. The van der Waals surface area contributed by atoms with Gasteiger partial charge in [0, 0.05) is 25.0 Å². The third kappa shape index (κ3) is 2.43. The fraction of sp³-hybridized carbons (Fsp3) is 0.722. The molecule has 6 nitrogen and oxygen atoms in total. The zero-order chi connectivity index (χ0) is 16.7. The smallest absolute Gasteiger partial charge is 0.331 e. The van der Waals surface area contributed by atoms with E-state index in [-0.39, 0.29) is 5.69 Å². The molecule has 0 spiro atoms. The first-order valence-corrected chi connectivity index (χ1v) is 9.50. The standard InChI is InChI=1S/C18H27N5O/c1-3-7-13-11-23-16(19-13)14-17(22(10-4-2)18(23)24)21-15(20-14)12-8-5-6-9-12/h12-13,19H,3-11H2,1-2H3. The molecule has 0 bridgehead atoms. The van der Waals surface area contributed by atoms with Crippen molar-refractivity contribution < 1.29 is 0 Å². The highest BCUT2D eigenvalue weighted by atomic mass is 16.1. The summed E-state index contributed by atoms with van der Waals surface area (Å²) in [6.07, 6.45) is 7.98. The third-order valence-corrected chi connectivity index (χ3v) is 5.42. The molecule has 0 aromatic carbocycles. The van der Waals surface area contributed by atoms with Crippen LogP contribution in [0.5, 0.6) is 0 Å². The lowest BCUT2D eigenvalue weighted by Crippen LogP contribution is -2.32. The molecule has 1 atom stereocenters. The lowest BCUT2D eigenvalue weighted by atomic mass is 10.1. The highest BCUT2D eigenvalue weighted by Crippen LogP contribution is 2.37. The Morgan fingerprint density at radius 3 is 2.67 bits per heavy atom. The predicted molar refractivity (Wildman–Crippen MR) is 94.7 cm³/mol. The summed E-state index contributed by atoms with van der Waals surface area (Å²) < 4.78 is 3.71. The SMILES string of the molecule is CCCC1Cn2c(c3nc(C4CCCC4)nc-3n(CCC)c2=O)N1. The van der Waals surface area contributed by atoms with E-state index in [0.717, 1.165) is 49.0 Å². The number of anilines is 1. The van der Waals surface area contributed by atoms with Gasteiger partial charge in [0.25, 0.3) is 0 Å². The maximum Gasteiger partial charge on any atom is 0.331 e. The third-order valence-electron chi connectivity index (χ3n) is 5.42. The maximum atomic E-state index is 13.0.